The average Bonchev–Trinajstić information content (AvgIpc) is 3.03. The summed E-state index contributed by atoms with van der Waals surface area (Å²) < 4.78 is 8.13. The van der Waals surface area contributed by atoms with Crippen molar-refractivity contribution in [1.29, 1.82) is 0 Å². The van der Waals surface area contributed by atoms with Gasteiger partial charge in [0.25, 0.3) is 5.56 Å². The second-order valence-electron chi connectivity index (χ2n) is 12.7. The SMILES string of the molecule is CN1C[C@@H](Nc2cnn(C)c(=O)c2Br)C[C@@H](c2ccc(CN3CCC(Oc4ccc(C5CCC(=O)NC5=O)cc4)CC3)cc2)C1. The molecule has 0 bridgehead atoms. The largest absolute Gasteiger partial charge is 0.490 e. The van der Waals surface area contributed by atoms with Gasteiger partial charge < -0.3 is 15.0 Å². The molecule has 11 heteroatoms. The zero-order valence-electron chi connectivity index (χ0n) is 25.9. The number of benzene rings is 2. The van der Waals surface area contributed by atoms with Crippen LogP contribution in [0.15, 0.2) is 64.0 Å². The molecule has 0 radical (unpaired) electrons. The van der Waals surface area contributed by atoms with E-state index >= 15 is 0 Å². The third-order valence-corrected chi connectivity index (χ3v) is 10.1. The Bertz CT molecular complexity index is 1570. The Labute approximate surface area is 272 Å². The van der Waals surface area contributed by atoms with Crippen LogP contribution in [0.2, 0.25) is 0 Å². The normalized spacial score (nSPS) is 23.5. The third-order valence-electron chi connectivity index (χ3n) is 9.29. The van der Waals surface area contributed by atoms with Gasteiger partial charge in [-0.05, 0) is 83.4 Å². The number of aromatic nitrogens is 2. The minimum atomic E-state index is -0.273. The Hall–Kier alpha value is -3.54. The summed E-state index contributed by atoms with van der Waals surface area (Å²) in [6, 6.07) is 17.1. The highest BCUT2D eigenvalue weighted by atomic mass is 79.9. The number of ether oxygens (including phenoxy) is 1. The number of anilines is 1. The molecular formula is C34H41BrN6O4. The summed E-state index contributed by atoms with van der Waals surface area (Å²) in [6.07, 6.45) is 5.73. The van der Waals surface area contributed by atoms with Gasteiger partial charge in [-0.2, -0.15) is 5.10 Å². The van der Waals surface area contributed by atoms with Crippen LogP contribution in [0.25, 0.3) is 0 Å². The number of carbonyl (C=O) groups excluding carboxylic acids is 2. The lowest BCUT2D eigenvalue weighted by Gasteiger charge is -2.37. The van der Waals surface area contributed by atoms with Gasteiger partial charge in [0, 0.05) is 52.2 Å². The van der Waals surface area contributed by atoms with Gasteiger partial charge in [-0.15, -0.1) is 0 Å². The van der Waals surface area contributed by atoms with E-state index in [1.54, 1.807) is 13.2 Å². The number of aryl methyl sites for hydroxylation is 1. The molecule has 1 unspecified atom stereocenters. The van der Waals surface area contributed by atoms with E-state index in [0.717, 1.165) is 69.0 Å². The number of likely N-dealkylation sites (tertiary alicyclic amines) is 2. The number of nitrogens with one attached hydrogen (secondary N) is 2. The van der Waals surface area contributed by atoms with Crippen molar-refractivity contribution in [2.75, 3.05) is 38.5 Å². The van der Waals surface area contributed by atoms with E-state index in [1.807, 2.05) is 24.3 Å². The Morgan fingerprint density at radius 2 is 1.67 bits per heavy atom. The predicted octanol–water partition coefficient (Wildman–Crippen LogP) is 4.01. The number of likely N-dealkylation sites (N-methyl/N-ethyl adjacent to an activating group) is 1. The van der Waals surface area contributed by atoms with Crippen LogP contribution in [0.1, 0.15) is 60.6 Å². The van der Waals surface area contributed by atoms with Gasteiger partial charge in [0.2, 0.25) is 11.8 Å². The zero-order valence-corrected chi connectivity index (χ0v) is 27.5. The summed E-state index contributed by atoms with van der Waals surface area (Å²) in [5.41, 5.74) is 4.17. The third kappa shape index (κ3) is 7.65. The number of nitrogens with zero attached hydrogens (tertiary/aromatic N) is 4. The maximum Gasteiger partial charge on any atom is 0.282 e. The number of hydrogen-bond donors (Lipinski definition) is 2. The molecule has 3 aliphatic heterocycles. The first-order chi connectivity index (χ1) is 21.7. The van der Waals surface area contributed by atoms with Crippen molar-refractivity contribution in [3.05, 3.63) is 86.2 Å². The lowest BCUT2D eigenvalue weighted by molar-refractivity contribution is -0.134. The Balaban J connectivity index is 0.973. The van der Waals surface area contributed by atoms with E-state index in [1.165, 1.54) is 15.8 Å². The Morgan fingerprint density at radius 1 is 0.956 bits per heavy atom. The highest BCUT2D eigenvalue weighted by Gasteiger charge is 2.29. The van der Waals surface area contributed by atoms with Crippen LogP contribution in [0.5, 0.6) is 5.75 Å². The highest BCUT2D eigenvalue weighted by Crippen LogP contribution is 2.30. The molecule has 3 aromatic rings. The van der Waals surface area contributed by atoms with E-state index < -0.39 is 0 Å². The molecule has 238 valence electrons. The van der Waals surface area contributed by atoms with E-state index in [-0.39, 0.29) is 35.4 Å². The summed E-state index contributed by atoms with van der Waals surface area (Å²) >= 11 is 3.44. The van der Waals surface area contributed by atoms with Crippen LogP contribution >= 0.6 is 15.9 Å². The molecule has 3 saturated heterocycles. The minimum absolute atomic E-state index is 0.147. The molecule has 2 N–H and O–H groups in total. The molecule has 2 amide bonds. The van der Waals surface area contributed by atoms with Gasteiger partial charge in [-0.3, -0.25) is 24.6 Å². The van der Waals surface area contributed by atoms with E-state index in [2.05, 4.69) is 72.8 Å². The second-order valence-corrected chi connectivity index (χ2v) is 13.5. The lowest BCUT2D eigenvalue weighted by atomic mass is 9.87. The van der Waals surface area contributed by atoms with Crippen LogP contribution in [0.3, 0.4) is 0 Å². The topological polar surface area (TPSA) is 109 Å². The van der Waals surface area contributed by atoms with Crippen LogP contribution in [0.4, 0.5) is 5.69 Å². The Morgan fingerprint density at radius 3 is 2.38 bits per heavy atom. The summed E-state index contributed by atoms with van der Waals surface area (Å²) in [7, 11) is 3.80. The number of amides is 2. The maximum absolute atomic E-state index is 12.3. The zero-order chi connectivity index (χ0) is 31.5. The first kappa shape index (κ1) is 31.4. The first-order valence-electron chi connectivity index (χ1n) is 15.8. The van der Waals surface area contributed by atoms with Crippen LogP contribution in [0, 0.1) is 0 Å². The van der Waals surface area contributed by atoms with Crippen LogP contribution < -0.4 is 20.9 Å². The molecule has 1 aromatic heterocycles. The number of piperidine rings is 3. The summed E-state index contributed by atoms with van der Waals surface area (Å²) in [5, 5.41) is 10.1. The smallest absolute Gasteiger partial charge is 0.282 e. The molecule has 45 heavy (non-hydrogen) atoms. The summed E-state index contributed by atoms with van der Waals surface area (Å²) in [6.45, 7) is 4.79. The molecule has 0 spiro atoms. The molecule has 3 aliphatic rings. The van der Waals surface area contributed by atoms with Crippen LogP contribution in [-0.4, -0.2) is 76.8 Å². The van der Waals surface area contributed by atoms with Crippen molar-refractivity contribution in [3.63, 3.8) is 0 Å². The monoisotopic (exact) mass is 676 g/mol. The second kappa shape index (κ2) is 13.8. The number of hydrogen-bond acceptors (Lipinski definition) is 8. The fraction of sp³-hybridized carbons (Fsp3) is 0.471. The van der Waals surface area contributed by atoms with Crippen molar-refractivity contribution in [1.82, 2.24) is 24.9 Å². The molecule has 10 nitrogen and oxygen atoms in total. The fourth-order valence-corrected chi connectivity index (χ4v) is 7.29. The molecule has 0 saturated carbocycles. The summed E-state index contributed by atoms with van der Waals surface area (Å²) in [4.78, 5) is 40.8. The minimum Gasteiger partial charge on any atom is -0.490 e. The van der Waals surface area contributed by atoms with Crippen molar-refractivity contribution < 1.29 is 14.3 Å². The van der Waals surface area contributed by atoms with Gasteiger partial charge in [0.15, 0.2) is 0 Å². The van der Waals surface area contributed by atoms with Gasteiger partial charge in [-0.1, -0.05) is 36.4 Å². The maximum atomic E-state index is 12.3. The molecule has 2 aromatic carbocycles. The number of imide groups is 1. The molecule has 6 rings (SSSR count). The number of rotatable bonds is 8. The summed E-state index contributed by atoms with van der Waals surface area (Å²) in [5.74, 6) is 0.545. The quantitative estimate of drug-likeness (QED) is 0.345. The molecule has 0 aliphatic carbocycles. The van der Waals surface area contributed by atoms with Gasteiger partial charge in [0.05, 0.1) is 17.8 Å². The van der Waals surface area contributed by atoms with Crippen LogP contribution in [-0.2, 0) is 23.2 Å². The standard InChI is InChI=1S/C34H41BrN6O4/c1-39-20-25(17-26(21-39)37-30-18-36-40(2)34(44)32(30)35)23-5-3-22(4-6-23)19-41-15-13-28(14-16-41)45-27-9-7-24(8-10-27)29-11-12-31(42)38-33(29)43/h3-10,18,25-26,28-29,37H,11-17,19-21H2,1-2H3,(H,38,42,43)/t25-,26+,29?/m1/s1. The lowest BCUT2D eigenvalue weighted by Crippen LogP contribution is -2.43. The van der Waals surface area contributed by atoms with E-state index in [9.17, 15) is 14.4 Å². The van der Waals surface area contributed by atoms with Crippen molar-refractivity contribution in [3.8, 4) is 5.75 Å². The Kier molecular flexibility index (Phi) is 9.67. The predicted molar refractivity (Wildman–Crippen MR) is 176 cm³/mol. The molecular weight excluding hydrogens is 636 g/mol. The fourth-order valence-electron chi connectivity index (χ4n) is 6.82. The number of carbonyl (C=O) groups is 2. The van der Waals surface area contributed by atoms with Crippen molar-refractivity contribution in [2.45, 2.75) is 62.6 Å². The molecule has 3 fully saturated rings. The van der Waals surface area contributed by atoms with Crippen molar-refractivity contribution in [2.24, 2.45) is 7.05 Å². The van der Waals surface area contributed by atoms with E-state index in [4.69, 9.17) is 4.74 Å². The van der Waals surface area contributed by atoms with Gasteiger partial charge >= 0.3 is 0 Å². The molecule has 4 heterocycles. The van der Waals surface area contributed by atoms with Gasteiger partial charge in [-0.25, -0.2) is 4.68 Å². The highest BCUT2D eigenvalue weighted by molar-refractivity contribution is 9.10. The molecule has 3 atom stereocenters. The van der Waals surface area contributed by atoms with Gasteiger partial charge in [0.1, 0.15) is 16.3 Å². The first-order valence-corrected chi connectivity index (χ1v) is 16.6. The van der Waals surface area contributed by atoms with E-state index in [0.29, 0.717) is 23.2 Å². The van der Waals surface area contributed by atoms with Crippen molar-refractivity contribution >= 4 is 33.4 Å². The average molecular weight is 678 g/mol. The number of halogens is 1.